The van der Waals surface area contributed by atoms with Gasteiger partial charge in [0.1, 0.15) is 0 Å². The number of ketones is 1. The minimum absolute atomic E-state index is 0.130. The van der Waals surface area contributed by atoms with Crippen molar-refractivity contribution in [2.45, 2.75) is 0 Å². The molecule has 7 heteroatoms. The standard InChI is InChI=1S/C18H16ClN3O3/c1-21(10-16(23)20-14-8-4-3-7-13(14)19)11-22-15-9-5-2-6-12(15)17(24)18(22)25/h2-9H,10-11H2,1H3,(H,20,23)/p+1. The summed E-state index contributed by atoms with van der Waals surface area (Å²) in [6.07, 6.45) is 0. The smallest absolute Gasteiger partial charge is 0.303 e. The van der Waals surface area contributed by atoms with E-state index < -0.39 is 11.7 Å². The zero-order valence-electron chi connectivity index (χ0n) is 13.6. The Bertz CT molecular complexity index is 853. The van der Waals surface area contributed by atoms with Crippen LogP contribution in [0.2, 0.25) is 5.02 Å². The summed E-state index contributed by atoms with van der Waals surface area (Å²) in [6.45, 7) is 0.350. The molecular formula is C18H17ClN3O3+. The molecule has 2 N–H and O–H groups in total. The SMILES string of the molecule is C[NH+](CC(=O)Nc1ccccc1Cl)CN1C(=O)C(=O)c2ccccc21. The monoisotopic (exact) mass is 358 g/mol. The van der Waals surface area contributed by atoms with Gasteiger partial charge in [-0.25, -0.2) is 0 Å². The van der Waals surface area contributed by atoms with Crippen molar-refractivity contribution in [1.29, 1.82) is 0 Å². The van der Waals surface area contributed by atoms with Crippen LogP contribution in [0.3, 0.4) is 0 Å². The van der Waals surface area contributed by atoms with Gasteiger partial charge < -0.3 is 10.2 Å². The molecule has 0 bridgehead atoms. The van der Waals surface area contributed by atoms with Crippen LogP contribution in [-0.4, -0.2) is 37.9 Å². The molecule has 0 saturated carbocycles. The molecule has 2 aromatic rings. The molecule has 0 spiro atoms. The number of nitrogens with one attached hydrogen (secondary N) is 2. The van der Waals surface area contributed by atoms with E-state index in [1.165, 1.54) is 4.90 Å². The Morgan fingerprint density at radius 2 is 1.80 bits per heavy atom. The maximum absolute atomic E-state index is 12.2. The molecule has 0 aromatic heterocycles. The van der Waals surface area contributed by atoms with Crippen molar-refractivity contribution in [2.75, 3.05) is 30.5 Å². The van der Waals surface area contributed by atoms with Gasteiger partial charge in [-0.05, 0) is 24.3 Å². The maximum atomic E-state index is 12.2. The average Bonchev–Trinajstić information content (AvgIpc) is 2.82. The number of carbonyl (C=O) groups excluding carboxylic acids is 3. The number of hydrogen-bond donors (Lipinski definition) is 2. The molecule has 1 heterocycles. The first-order chi connectivity index (χ1) is 12.0. The van der Waals surface area contributed by atoms with Crippen molar-refractivity contribution >= 4 is 40.6 Å². The molecule has 1 unspecified atom stereocenters. The second-order valence-corrected chi connectivity index (χ2v) is 6.31. The average molecular weight is 359 g/mol. The highest BCUT2D eigenvalue weighted by molar-refractivity contribution is 6.52. The van der Waals surface area contributed by atoms with Gasteiger partial charge in [-0.15, -0.1) is 0 Å². The number of amides is 2. The van der Waals surface area contributed by atoms with Gasteiger partial charge >= 0.3 is 5.91 Å². The summed E-state index contributed by atoms with van der Waals surface area (Å²) in [4.78, 5) is 38.5. The summed E-state index contributed by atoms with van der Waals surface area (Å²) in [5, 5.41) is 3.20. The largest absolute Gasteiger partial charge is 0.320 e. The molecule has 0 radical (unpaired) electrons. The predicted octanol–water partition coefficient (Wildman–Crippen LogP) is 0.980. The predicted molar refractivity (Wildman–Crippen MR) is 95.0 cm³/mol. The Morgan fingerprint density at radius 1 is 1.12 bits per heavy atom. The molecule has 0 aliphatic carbocycles. The molecule has 1 atom stereocenters. The van der Waals surface area contributed by atoms with Gasteiger partial charge in [0, 0.05) is 0 Å². The number of para-hydroxylation sites is 2. The summed E-state index contributed by atoms with van der Waals surface area (Å²) in [5.74, 6) is -1.30. The van der Waals surface area contributed by atoms with Crippen molar-refractivity contribution in [3.63, 3.8) is 0 Å². The van der Waals surface area contributed by atoms with Gasteiger partial charge in [-0.1, -0.05) is 35.9 Å². The summed E-state index contributed by atoms with van der Waals surface area (Å²) in [7, 11) is 1.78. The molecule has 1 aliphatic heterocycles. The van der Waals surface area contributed by atoms with Crippen molar-refractivity contribution in [3.8, 4) is 0 Å². The van der Waals surface area contributed by atoms with Crippen LogP contribution in [0, 0.1) is 0 Å². The molecular weight excluding hydrogens is 342 g/mol. The number of Topliss-reactive ketones (excluding diaryl/α,β-unsaturated/α-hetero) is 1. The number of quaternary nitrogens is 1. The zero-order valence-corrected chi connectivity index (χ0v) is 14.3. The van der Waals surface area contributed by atoms with E-state index in [1.807, 2.05) is 0 Å². The Balaban J connectivity index is 1.64. The number of fused-ring (bicyclic) bond motifs is 1. The first-order valence-corrected chi connectivity index (χ1v) is 8.16. The third-order valence-corrected chi connectivity index (χ3v) is 4.25. The van der Waals surface area contributed by atoms with Crippen LogP contribution in [-0.2, 0) is 9.59 Å². The molecule has 128 valence electrons. The van der Waals surface area contributed by atoms with E-state index >= 15 is 0 Å². The Kier molecular flexibility index (Phi) is 4.83. The topological polar surface area (TPSA) is 70.9 Å². The molecule has 2 aromatic carbocycles. The summed E-state index contributed by atoms with van der Waals surface area (Å²) in [6, 6.07) is 13.8. The lowest BCUT2D eigenvalue weighted by Gasteiger charge is -2.21. The third kappa shape index (κ3) is 3.55. The van der Waals surface area contributed by atoms with E-state index in [-0.39, 0.29) is 19.1 Å². The summed E-state index contributed by atoms with van der Waals surface area (Å²) < 4.78 is 0. The fourth-order valence-corrected chi connectivity index (χ4v) is 2.95. The van der Waals surface area contributed by atoms with Crippen LogP contribution in [0.15, 0.2) is 48.5 Å². The Morgan fingerprint density at radius 3 is 2.56 bits per heavy atom. The highest BCUT2D eigenvalue weighted by atomic mass is 35.5. The van der Waals surface area contributed by atoms with Crippen LogP contribution in [0.5, 0.6) is 0 Å². The van der Waals surface area contributed by atoms with E-state index in [4.69, 9.17) is 11.6 Å². The maximum Gasteiger partial charge on any atom is 0.303 e. The van der Waals surface area contributed by atoms with E-state index in [0.717, 1.165) is 4.90 Å². The van der Waals surface area contributed by atoms with E-state index in [2.05, 4.69) is 5.32 Å². The summed E-state index contributed by atoms with van der Waals surface area (Å²) >= 11 is 6.02. The highest BCUT2D eigenvalue weighted by Gasteiger charge is 2.37. The van der Waals surface area contributed by atoms with Gasteiger partial charge in [-0.3, -0.25) is 19.3 Å². The Labute approximate surface area is 150 Å². The third-order valence-electron chi connectivity index (χ3n) is 3.92. The first kappa shape index (κ1) is 17.1. The summed E-state index contributed by atoms with van der Waals surface area (Å²) in [5.41, 5.74) is 1.53. The van der Waals surface area contributed by atoms with Crippen molar-refractivity contribution in [1.82, 2.24) is 0 Å². The zero-order chi connectivity index (χ0) is 18.0. The number of anilines is 2. The van der Waals surface area contributed by atoms with Gasteiger partial charge in [0.25, 0.3) is 11.7 Å². The van der Waals surface area contributed by atoms with E-state index in [1.54, 1.807) is 55.6 Å². The number of rotatable bonds is 5. The molecule has 0 saturated heterocycles. The number of likely N-dealkylation sites (N-methyl/N-ethyl adjacent to an activating group) is 1. The minimum Gasteiger partial charge on any atom is -0.320 e. The fourth-order valence-electron chi connectivity index (χ4n) is 2.76. The lowest BCUT2D eigenvalue weighted by Crippen LogP contribution is -3.12. The molecule has 0 fully saturated rings. The van der Waals surface area contributed by atoms with Crippen LogP contribution in [0.25, 0.3) is 0 Å². The van der Waals surface area contributed by atoms with Crippen LogP contribution >= 0.6 is 11.6 Å². The molecule has 2 amide bonds. The Hall–Kier alpha value is -2.70. The number of halogens is 1. The fraction of sp³-hybridized carbons (Fsp3) is 0.167. The van der Waals surface area contributed by atoms with E-state index in [9.17, 15) is 14.4 Å². The van der Waals surface area contributed by atoms with Crippen LogP contribution < -0.4 is 15.1 Å². The normalized spacial score (nSPS) is 14.4. The van der Waals surface area contributed by atoms with Crippen molar-refractivity contribution < 1.29 is 19.3 Å². The quantitative estimate of drug-likeness (QED) is 0.783. The van der Waals surface area contributed by atoms with Crippen molar-refractivity contribution in [2.24, 2.45) is 0 Å². The molecule has 3 rings (SSSR count). The van der Waals surface area contributed by atoms with Crippen LogP contribution in [0.1, 0.15) is 10.4 Å². The first-order valence-electron chi connectivity index (χ1n) is 7.78. The molecule has 6 nitrogen and oxygen atoms in total. The lowest BCUT2D eigenvalue weighted by molar-refractivity contribution is -0.869. The van der Waals surface area contributed by atoms with E-state index in [0.29, 0.717) is 22.0 Å². The number of carbonyl (C=O) groups is 3. The second kappa shape index (κ2) is 7.04. The van der Waals surface area contributed by atoms with Gasteiger partial charge in [-0.2, -0.15) is 0 Å². The minimum atomic E-state index is -0.563. The van der Waals surface area contributed by atoms with Crippen molar-refractivity contribution in [3.05, 3.63) is 59.1 Å². The van der Waals surface area contributed by atoms with Gasteiger partial charge in [0.05, 0.1) is 29.0 Å². The second-order valence-electron chi connectivity index (χ2n) is 5.90. The molecule has 25 heavy (non-hydrogen) atoms. The van der Waals surface area contributed by atoms with Gasteiger partial charge in [0.2, 0.25) is 0 Å². The van der Waals surface area contributed by atoms with Gasteiger partial charge in [0.15, 0.2) is 13.2 Å². The number of nitrogens with zero attached hydrogens (tertiary/aromatic N) is 1. The lowest BCUT2D eigenvalue weighted by atomic mass is 10.1. The highest BCUT2D eigenvalue weighted by Crippen LogP contribution is 2.27. The number of hydrogen-bond acceptors (Lipinski definition) is 3. The van der Waals surface area contributed by atoms with Crippen LogP contribution in [0.4, 0.5) is 11.4 Å². The molecule has 1 aliphatic rings. The number of benzene rings is 2.